The second-order valence-electron chi connectivity index (χ2n) is 3.54. The van der Waals surface area contributed by atoms with Gasteiger partial charge in [0.15, 0.2) is 0 Å². The van der Waals surface area contributed by atoms with Crippen LogP contribution in [0.3, 0.4) is 0 Å². The number of hydrogen-bond donors (Lipinski definition) is 2. The molecule has 0 saturated carbocycles. The Morgan fingerprint density at radius 3 is 2.89 bits per heavy atom. The largest absolute Gasteiger partial charge is 0.373 e. The molecule has 0 aliphatic carbocycles. The molecule has 0 unspecified atom stereocenters. The number of nitrogens with zero attached hydrogens (tertiary/aromatic N) is 3. The predicted octanol–water partition coefficient (Wildman–Crippen LogP) is 1.79. The molecule has 0 saturated heterocycles. The summed E-state index contributed by atoms with van der Waals surface area (Å²) in [6.07, 6.45) is 2.29. The van der Waals surface area contributed by atoms with Crippen molar-refractivity contribution in [2.45, 2.75) is 13.3 Å². The average Bonchev–Trinajstić information content (AvgIpc) is 2.88. The standard InChI is InChI=1S/C11H13N5OS/c1-3-8-10(18-16-15-8)11(17)14-7-4-5-9(12-2)13-6-7/h4-6H,3H2,1-2H3,(H,12,13)(H,14,17). The second-order valence-corrected chi connectivity index (χ2v) is 4.29. The van der Waals surface area contributed by atoms with E-state index in [0.29, 0.717) is 17.0 Å². The van der Waals surface area contributed by atoms with Crippen LogP contribution >= 0.6 is 11.5 Å². The molecule has 2 aromatic heterocycles. The lowest BCUT2D eigenvalue weighted by Crippen LogP contribution is -2.12. The van der Waals surface area contributed by atoms with Crippen LogP contribution in [0.4, 0.5) is 11.5 Å². The van der Waals surface area contributed by atoms with E-state index in [-0.39, 0.29) is 5.91 Å². The summed E-state index contributed by atoms with van der Waals surface area (Å²) in [5.74, 6) is 0.558. The molecule has 0 bridgehead atoms. The van der Waals surface area contributed by atoms with E-state index in [1.165, 1.54) is 0 Å². The zero-order chi connectivity index (χ0) is 13.0. The Labute approximate surface area is 109 Å². The molecule has 2 aromatic rings. The molecule has 6 nitrogen and oxygen atoms in total. The van der Waals surface area contributed by atoms with E-state index in [0.717, 1.165) is 23.0 Å². The fourth-order valence-corrected chi connectivity index (χ4v) is 2.06. The molecule has 2 N–H and O–H groups in total. The molecule has 2 heterocycles. The van der Waals surface area contributed by atoms with Crippen LogP contribution < -0.4 is 10.6 Å². The van der Waals surface area contributed by atoms with Gasteiger partial charge in [-0.3, -0.25) is 4.79 Å². The van der Waals surface area contributed by atoms with Gasteiger partial charge in [0.25, 0.3) is 5.91 Å². The Kier molecular flexibility index (Phi) is 3.83. The number of rotatable bonds is 4. The molecule has 18 heavy (non-hydrogen) atoms. The first kappa shape index (κ1) is 12.4. The lowest BCUT2D eigenvalue weighted by atomic mass is 10.3. The summed E-state index contributed by atoms with van der Waals surface area (Å²) in [5.41, 5.74) is 1.37. The highest BCUT2D eigenvalue weighted by molar-refractivity contribution is 7.08. The minimum absolute atomic E-state index is 0.194. The number of aryl methyl sites for hydroxylation is 1. The van der Waals surface area contributed by atoms with Gasteiger partial charge in [-0.05, 0) is 30.1 Å². The van der Waals surface area contributed by atoms with E-state index in [9.17, 15) is 4.79 Å². The average molecular weight is 263 g/mol. The maximum absolute atomic E-state index is 12.0. The number of amides is 1. The molecular weight excluding hydrogens is 250 g/mol. The molecule has 0 spiro atoms. The van der Waals surface area contributed by atoms with Gasteiger partial charge in [-0.2, -0.15) is 0 Å². The van der Waals surface area contributed by atoms with Crippen LogP contribution in [0.2, 0.25) is 0 Å². The van der Waals surface area contributed by atoms with Gasteiger partial charge < -0.3 is 10.6 Å². The molecule has 1 amide bonds. The summed E-state index contributed by atoms with van der Waals surface area (Å²) in [6, 6.07) is 3.58. The van der Waals surface area contributed by atoms with E-state index in [1.807, 2.05) is 6.92 Å². The first-order valence-corrected chi connectivity index (χ1v) is 6.28. The molecule has 94 valence electrons. The maximum atomic E-state index is 12.0. The van der Waals surface area contributed by atoms with E-state index in [2.05, 4.69) is 25.2 Å². The summed E-state index contributed by atoms with van der Waals surface area (Å²) < 4.78 is 3.79. The zero-order valence-electron chi connectivity index (χ0n) is 10.1. The van der Waals surface area contributed by atoms with E-state index in [1.54, 1.807) is 25.4 Å². The van der Waals surface area contributed by atoms with Crippen molar-refractivity contribution in [2.75, 3.05) is 17.7 Å². The quantitative estimate of drug-likeness (QED) is 0.879. The number of nitrogens with one attached hydrogen (secondary N) is 2. The number of anilines is 2. The van der Waals surface area contributed by atoms with Crippen LogP contribution in [0.1, 0.15) is 22.3 Å². The molecule has 0 fully saturated rings. The summed E-state index contributed by atoms with van der Waals surface area (Å²) in [5, 5.41) is 9.59. The van der Waals surface area contributed by atoms with Gasteiger partial charge in [-0.15, -0.1) is 5.10 Å². The van der Waals surface area contributed by atoms with Crippen molar-refractivity contribution in [1.29, 1.82) is 0 Å². The van der Waals surface area contributed by atoms with Gasteiger partial charge in [-0.25, -0.2) is 4.98 Å². The Morgan fingerprint density at radius 2 is 2.28 bits per heavy atom. The molecular formula is C11H13N5OS. The highest BCUT2D eigenvalue weighted by Gasteiger charge is 2.14. The van der Waals surface area contributed by atoms with Gasteiger partial charge in [0.05, 0.1) is 17.6 Å². The highest BCUT2D eigenvalue weighted by Crippen LogP contribution is 2.15. The molecule has 0 radical (unpaired) electrons. The summed E-state index contributed by atoms with van der Waals surface area (Å²) >= 11 is 1.10. The van der Waals surface area contributed by atoms with Crippen molar-refractivity contribution in [3.8, 4) is 0 Å². The summed E-state index contributed by atoms with van der Waals surface area (Å²) in [6.45, 7) is 1.94. The van der Waals surface area contributed by atoms with Gasteiger partial charge in [-0.1, -0.05) is 11.4 Å². The van der Waals surface area contributed by atoms with Gasteiger partial charge >= 0.3 is 0 Å². The second kappa shape index (κ2) is 5.54. The molecule has 0 aliphatic heterocycles. The normalized spacial score (nSPS) is 10.1. The third-order valence-corrected chi connectivity index (χ3v) is 3.14. The number of pyridine rings is 1. The smallest absolute Gasteiger partial charge is 0.269 e. The minimum Gasteiger partial charge on any atom is -0.373 e. The molecule has 2 rings (SSSR count). The van der Waals surface area contributed by atoms with E-state index in [4.69, 9.17) is 0 Å². The van der Waals surface area contributed by atoms with E-state index < -0.39 is 0 Å². The van der Waals surface area contributed by atoms with Gasteiger partial charge in [0.1, 0.15) is 10.7 Å². The Morgan fingerprint density at radius 1 is 1.44 bits per heavy atom. The monoisotopic (exact) mass is 263 g/mol. The fourth-order valence-electron chi connectivity index (χ4n) is 1.42. The van der Waals surface area contributed by atoms with Crippen LogP contribution in [-0.4, -0.2) is 27.5 Å². The number of hydrogen-bond acceptors (Lipinski definition) is 6. The third-order valence-electron chi connectivity index (χ3n) is 2.37. The lowest BCUT2D eigenvalue weighted by molar-refractivity contribution is 0.102. The molecule has 0 aromatic carbocycles. The highest BCUT2D eigenvalue weighted by atomic mass is 32.1. The Balaban J connectivity index is 2.11. The first-order chi connectivity index (χ1) is 8.74. The third kappa shape index (κ3) is 2.62. The zero-order valence-corrected chi connectivity index (χ0v) is 10.9. The maximum Gasteiger partial charge on any atom is 0.269 e. The molecule has 0 aliphatic rings. The van der Waals surface area contributed by atoms with Crippen LogP contribution in [0, 0.1) is 0 Å². The van der Waals surface area contributed by atoms with Crippen molar-refractivity contribution in [3.63, 3.8) is 0 Å². The minimum atomic E-state index is -0.194. The fraction of sp³-hybridized carbons (Fsp3) is 0.273. The molecule has 7 heteroatoms. The Bertz CT molecular complexity index is 537. The van der Waals surface area contributed by atoms with Crippen molar-refractivity contribution < 1.29 is 4.79 Å². The molecule has 0 atom stereocenters. The van der Waals surface area contributed by atoms with Crippen molar-refractivity contribution in [2.24, 2.45) is 0 Å². The SMILES string of the molecule is CCc1nnsc1C(=O)Nc1ccc(NC)nc1. The van der Waals surface area contributed by atoms with Crippen molar-refractivity contribution >= 4 is 28.9 Å². The topological polar surface area (TPSA) is 79.8 Å². The van der Waals surface area contributed by atoms with E-state index >= 15 is 0 Å². The number of carbonyl (C=O) groups is 1. The van der Waals surface area contributed by atoms with Crippen LogP contribution in [0.15, 0.2) is 18.3 Å². The van der Waals surface area contributed by atoms with Crippen molar-refractivity contribution in [3.05, 3.63) is 28.9 Å². The van der Waals surface area contributed by atoms with Crippen LogP contribution in [-0.2, 0) is 6.42 Å². The van der Waals surface area contributed by atoms with Crippen LogP contribution in [0.5, 0.6) is 0 Å². The van der Waals surface area contributed by atoms with Crippen molar-refractivity contribution in [1.82, 2.24) is 14.6 Å². The lowest BCUT2D eigenvalue weighted by Gasteiger charge is -2.04. The summed E-state index contributed by atoms with van der Waals surface area (Å²) in [7, 11) is 1.79. The first-order valence-electron chi connectivity index (χ1n) is 5.51. The van der Waals surface area contributed by atoms with Gasteiger partial charge in [0, 0.05) is 7.05 Å². The predicted molar refractivity (Wildman–Crippen MR) is 71.0 cm³/mol. The Hall–Kier alpha value is -2.02. The number of aromatic nitrogens is 3. The van der Waals surface area contributed by atoms with Gasteiger partial charge in [0.2, 0.25) is 0 Å². The number of carbonyl (C=O) groups excluding carboxylic acids is 1. The van der Waals surface area contributed by atoms with Crippen LogP contribution in [0.25, 0.3) is 0 Å². The summed E-state index contributed by atoms with van der Waals surface area (Å²) in [4.78, 5) is 16.7.